The van der Waals surface area contributed by atoms with Gasteiger partial charge >= 0.3 is 5.69 Å². The van der Waals surface area contributed by atoms with Crippen LogP contribution in [0.4, 0.5) is 11.5 Å². The van der Waals surface area contributed by atoms with E-state index in [1.807, 2.05) is 66.1 Å². The Morgan fingerprint density at radius 3 is 2.52 bits per heavy atom. The first kappa shape index (κ1) is 22.4. The molecule has 170 valence electrons. The summed E-state index contributed by atoms with van der Waals surface area (Å²) in [7, 11) is 1.48. The lowest BCUT2D eigenvalue weighted by Crippen LogP contribution is -2.40. The average Bonchev–Trinajstić information content (AvgIpc) is 3.18. The van der Waals surface area contributed by atoms with Crippen LogP contribution in [0.5, 0.6) is 0 Å². The summed E-state index contributed by atoms with van der Waals surface area (Å²) >= 11 is 1.29. The zero-order valence-corrected chi connectivity index (χ0v) is 19.1. The second-order valence-electron chi connectivity index (χ2n) is 7.43. The predicted molar refractivity (Wildman–Crippen MR) is 131 cm³/mol. The molecule has 0 aliphatic carbocycles. The highest BCUT2D eigenvalue weighted by atomic mass is 32.2. The highest BCUT2D eigenvalue weighted by molar-refractivity contribution is 7.99. The molecule has 3 N–H and O–H groups in total. The number of imidazole rings is 1. The summed E-state index contributed by atoms with van der Waals surface area (Å²) < 4.78 is 3.29. The molecular formula is C23H24N6O3S. The van der Waals surface area contributed by atoms with Gasteiger partial charge in [0.05, 0.1) is 23.3 Å². The number of carbonyl (C=O) groups excluding carboxylic acids is 1. The number of benzene rings is 2. The predicted octanol–water partition coefficient (Wildman–Crippen LogP) is 2.29. The number of hydrogen-bond donors (Lipinski definition) is 2. The van der Waals surface area contributed by atoms with Gasteiger partial charge in [-0.1, -0.05) is 54.2 Å². The van der Waals surface area contributed by atoms with Gasteiger partial charge in [-0.2, -0.15) is 0 Å². The number of amides is 1. The van der Waals surface area contributed by atoms with Gasteiger partial charge in [0.2, 0.25) is 5.91 Å². The fourth-order valence-electron chi connectivity index (χ4n) is 3.64. The zero-order valence-electron chi connectivity index (χ0n) is 18.3. The van der Waals surface area contributed by atoms with E-state index in [4.69, 9.17) is 5.73 Å². The van der Waals surface area contributed by atoms with E-state index in [1.54, 1.807) is 0 Å². The van der Waals surface area contributed by atoms with Crippen LogP contribution >= 0.6 is 11.8 Å². The van der Waals surface area contributed by atoms with Crippen LogP contribution in [0.25, 0.3) is 11.0 Å². The largest absolute Gasteiger partial charge is 0.383 e. The number of aromatic amines is 1. The van der Waals surface area contributed by atoms with Crippen LogP contribution in [0, 0.1) is 0 Å². The monoisotopic (exact) mass is 464 g/mol. The number of nitrogen functional groups attached to an aromatic ring is 1. The maximum Gasteiger partial charge on any atom is 0.330 e. The van der Waals surface area contributed by atoms with E-state index in [9.17, 15) is 14.4 Å². The van der Waals surface area contributed by atoms with Crippen LogP contribution in [0.15, 0.2) is 69.3 Å². The molecule has 2 aromatic heterocycles. The van der Waals surface area contributed by atoms with Gasteiger partial charge in [0, 0.05) is 13.6 Å². The van der Waals surface area contributed by atoms with E-state index in [2.05, 4.69) is 9.97 Å². The Balaban J connectivity index is 1.58. The summed E-state index contributed by atoms with van der Waals surface area (Å²) in [6, 6.07) is 17.0. The van der Waals surface area contributed by atoms with E-state index in [0.717, 1.165) is 21.8 Å². The standard InChI is InChI=1S/C23H24N6O3S/c1-3-28-17-12-8-7-11-16(17)25-23(28)33-14-18(30)27(2)19-20(24)29(22(32)26-21(19)31)13-15-9-5-4-6-10-15/h4-12H,3,13-14,24H2,1-2H3,(H,26,31,32). The topological polar surface area (TPSA) is 119 Å². The SMILES string of the molecule is CCn1c(SCC(=O)N(C)c2c(N)n(Cc3ccccc3)c(=O)[nH]c2=O)nc2ccccc21. The lowest BCUT2D eigenvalue weighted by atomic mass is 10.2. The number of fused-ring (bicyclic) bond motifs is 1. The van der Waals surface area contributed by atoms with Crippen molar-refractivity contribution in [3.8, 4) is 0 Å². The van der Waals surface area contributed by atoms with Crippen molar-refractivity contribution >= 4 is 40.2 Å². The van der Waals surface area contributed by atoms with Gasteiger partial charge in [-0.15, -0.1) is 0 Å². The molecule has 2 heterocycles. The summed E-state index contributed by atoms with van der Waals surface area (Å²) in [5.74, 6) is -0.345. The maximum atomic E-state index is 13.0. The fourth-order valence-corrected chi connectivity index (χ4v) is 4.63. The second kappa shape index (κ2) is 9.37. The summed E-state index contributed by atoms with van der Waals surface area (Å²) in [5.41, 5.74) is 7.51. The van der Waals surface area contributed by atoms with Crippen molar-refractivity contribution in [1.82, 2.24) is 19.1 Å². The number of thioether (sulfide) groups is 1. The summed E-state index contributed by atoms with van der Waals surface area (Å²) in [6.07, 6.45) is 0. The van der Waals surface area contributed by atoms with Crippen molar-refractivity contribution in [2.75, 3.05) is 23.4 Å². The summed E-state index contributed by atoms with van der Waals surface area (Å²) in [5, 5.41) is 0.719. The smallest absolute Gasteiger partial charge is 0.330 e. The molecule has 1 amide bonds. The van der Waals surface area contributed by atoms with E-state index in [0.29, 0.717) is 6.54 Å². The first-order valence-electron chi connectivity index (χ1n) is 10.4. The Morgan fingerprint density at radius 1 is 1.09 bits per heavy atom. The molecule has 0 atom stereocenters. The Labute approximate surface area is 193 Å². The fraction of sp³-hybridized carbons (Fsp3) is 0.217. The van der Waals surface area contributed by atoms with Crippen molar-refractivity contribution in [2.45, 2.75) is 25.2 Å². The third-order valence-corrected chi connectivity index (χ3v) is 6.33. The average molecular weight is 465 g/mol. The van der Waals surface area contributed by atoms with Gasteiger partial charge in [0.25, 0.3) is 5.56 Å². The third-order valence-electron chi connectivity index (χ3n) is 5.37. The number of nitrogens with one attached hydrogen (secondary N) is 1. The second-order valence-corrected chi connectivity index (χ2v) is 8.38. The summed E-state index contributed by atoms with van der Waals surface area (Å²) in [6.45, 7) is 2.90. The van der Waals surface area contributed by atoms with Crippen LogP contribution in [-0.4, -0.2) is 37.8 Å². The number of rotatable bonds is 7. The molecule has 10 heteroatoms. The van der Waals surface area contributed by atoms with Crippen molar-refractivity contribution in [1.29, 1.82) is 0 Å². The van der Waals surface area contributed by atoms with Crippen LogP contribution in [0.1, 0.15) is 12.5 Å². The molecule has 0 bridgehead atoms. The Kier molecular flexibility index (Phi) is 6.36. The van der Waals surface area contributed by atoms with Gasteiger partial charge < -0.3 is 15.2 Å². The maximum absolute atomic E-state index is 13.0. The number of para-hydroxylation sites is 2. The number of hydrogen-bond acceptors (Lipinski definition) is 6. The Morgan fingerprint density at radius 2 is 1.79 bits per heavy atom. The number of nitrogens with two attached hydrogens (primary N) is 1. The lowest BCUT2D eigenvalue weighted by molar-refractivity contribution is -0.115. The minimum atomic E-state index is -0.705. The van der Waals surface area contributed by atoms with E-state index in [-0.39, 0.29) is 29.7 Å². The minimum Gasteiger partial charge on any atom is -0.383 e. The first-order valence-corrected chi connectivity index (χ1v) is 11.4. The third kappa shape index (κ3) is 4.42. The van der Waals surface area contributed by atoms with Gasteiger partial charge in [-0.25, -0.2) is 9.78 Å². The molecule has 0 saturated carbocycles. The van der Waals surface area contributed by atoms with E-state index >= 15 is 0 Å². The van der Waals surface area contributed by atoms with Crippen LogP contribution in [0.2, 0.25) is 0 Å². The van der Waals surface area contributed by atoms with Crippen molar-refractivity contribution < 1.29 is 4.79 Å². The van der Waals surface area contributed by atoms with Gasteiger partial charge in [0.1, 0.15) is 5.82 Å². The Bertz CT molecular complexity index is 1420. The van der Waals surface area contributed by atoms with Crippen molar-refractivity contribution in [3.05, 3.63) is 81.0 Å². The molecule has 9 nitrogen and oxygen atoms in total. The van der Waals surface area contributed by atoms with E-state index in [1.165, 1.54) is 28.3 Å². The molecule has 0 radical (unpaired) electrons. The molecule has 0 aliphatic heterocycles. The molecule has 0 unspecified atom stereocenters. The van der Waals surface area contributed by atoms with Crippen molar-refractivity contribution in [2.24, 2.45) is 0 Å². The number of aromatic nitrogens is 4. The number of H-pyrrole nitrogens is 1. The van der Waals surface area contributed by atoms with Gasteiger partial charge in [0.15, 0.2) is 10.8 Å². The Hall–Kier alpha value is -3.79. The summed E-state index contributed by atoms with van der Waals surface area (Å²) in [4.78, 5) is 46.0. The quantitative estimate of drug-likeness (QED) is 0.405. The molecule has 0 fully saturated rings. The molecule has 4 rings (SSSR count). The number of aryl methyl sites for hydroxylation is 1. The van der Waals surface area contributed by atoms with Crippen molar-refractivity contribution in [3.63, 3.8) is 0 Å². The van der Waals surface area contributed by atoms with Gasteiger partial charge in [-0.3, -0.25) is 19.1 Å². The van der Waals surface area contributed by atoms with Gasteiger partial charge in [-0.05, 0) is 24.6 Å². The van der Waals surface area contributed by atoms with Crippen LogP contribution in [0.3, 0.4) is 0 Å². The normalized spacial score (nSPS) is 11.1. The first-order chi connectivity index (χ1) is 15.9. The molecule has 33 heavy (non-hydrogen) atoms. The lowest BCUT2D eigenvalue weighted by Gasteiger charge is -2.20. The number of nitrogens with zero attached hydrogens (tertiary/aromatic N) is 4. The van der Waals surface area contributed by atoms with E-state index < -0.39 is 11.2 Å². The molecule has 4 aromatic rings. The molecule has 0 spiro atoms. The number of carbonyl (C=O) groups is 1. The molecule has 0 aliphatic rings. The minimum absolute atomic E-state index is 0.0521. The molecule has 0 saturated heterocycles. The molecule has 2 aromatic carbocycles. The van der Waals surface area contributed by atoms with Crippen LogP contribution < -0.4 is 21.9 Å². The number of anilines is 2. The zero-order chi connectivity index (χ0) is 23.5. The highest BCUT2D eigenvalue weighted by Crippen LogP contribution is 2.25. The van der Waals surface area contributed by atoms with Crippen LogP contribution in [-0.2, 0) is 17.9 Å². The molecular weight excluding hydrogens is 440 g/mol. The highest BCUT2D eigenvalue weighted by Gasteiger charge is 2.22.